The van der Waals surface area contributed by atoms with Crippen LogP contribution in [0.2, 0.25) is 0 Å². The number of aromatic nitrogens is 3. The van der Waals surface area contributed by atoms with Crippen molar-refractivity contribution in [1.82, 2.24) is 14.5 Å². The van der Waals surface area contributed by atoms with Gasteiger partial charge in [-0.1, -0.05) is 12.1 Å². The van der Waals surface area contributed by atoms with Crippen molar-refractivity contribution >= 4 is 39.9 Å². The summed E-state index contributed by atoms with van der Waals surface area (Å²) in [5.41, 5.74) is 1.51. The Morgan fingerprint density at radius 3 is 2.57 bits per heavy atom. The van der Waals surface area contributed by atoms with E-state index in [1.165, 1.54) is 54.9 Å². The Bertz CT molecular complexity index is 1610. The molecule has 2 aromatic carbocycles. The second-order valence-corrected chi connectivity index (χ2v) is 10.3. The number of pyridine rings is 1. The first kappa shape index (κ1) is 30.7. The molecule has 4 aromatic rings. The molecule has 42 heavy (non-hydrogen) atoms. The first-order chi connectivity index (χ1) is 19.9. The average molecular weight is 605 g/mol. The zero-order chi connectivity index (χ0) is 30.6. The Morgan fingerprint density at radius 1 is 1.14 bits per heavy atom. The molecule has 222 valence electrons. The van der Waals surface area contributed by atoms with E-state index in [1.54, 1.807) is 37.3 Å². The number of hydrogen-bond acceptors (Lipinski definition) is 8. The van der Waals surface area contributed by atoms with Crippen LogP contribution in [0.4, 0.5) is 23.7 Å². The highest BCUT2D eigenvalue weighted by Crippen LogP contribution is 2.30. The molecule has 10 nitrogen and oxygen atoms in total. The number of rotatable bonds is 9. The van der Waals surface area contributed by atoms with Gasteiger partial charge >= 0.3 is 23.3 Å². The molecule has 0 aliphatic heterocycles. The quantitative estimate of drug-likeness (QED) is 0.187. The number of ether oxygens (including phenoxy) is 3. The van der Waals surface area contributed by atoms with E-state index < -0.39 is 36.0 Å². The molecule has 0 spiro atoms. The lowest BCUT2D eigenvalue weighted by molar-refractivity contribution is -0.153. The van der Waals surface area contributed by atoms with Gasteiger partial charge in [0.05, 0.1) is 41.7 Å². The van der Waals surface area contributed by atoms with E-state index in [9.17, 15) is 27.3 Å². The first-order valence-corrected chi connectivity index (χ1v) is 13.9. The van der Waals surface area contributed by atoms with Crippen LogP contribution in [0, 0.1) is 6.92 Å². The van der Waals surface area contributed by atoms with E-state index in [-0.39, 0.29) is 45.8 Å². The summed E-state index contributed by atoms with van der Waals surface area (Å²) in [6, 6.07) is 11.8. The van der Waals surface area contributed by atoms with Crippen molar-refractivity contribution in [3.05, 3.63) is 71.5 Å². The first-order valence-electron chi connectivity index (χ1n) is 12.6. The van der Waals surface area contributed by atoms with E-state index in [0.29, 0.717) is 16.8 Å². The van der Waals surface area contributed by atoms with E-state index in [4.69, 9.17) is 14.2 Å². The molecule has 2 aromatic heterocycles. The maximum Gasteiger partial charge on any atom is 0.422 e. The summed E-state index contributed by atoms with van der Waals surface area (Å²) in [5, 5.41) is -0.114. The highest BCUT2D eigenvalue weighted by molar-refractivity contribution is 7.90. The number of imidazole rings is 1. The van der Waals surface area contributed by atoms with Gasteiger partial charge in [0.15, 0.2) is 12.4 Å². The Labute approximate surface area is 242 Å². The summed E-state index contributed by atoms with van der Waals surface area (Å²) in [6.45, 7) is 1.79. The van der Waals surface area contributed by atoms with Crippen LogP contribution < -0.4 is 14.4 Å². The van der Waals surface area contributed by atoms with Gasteiger partial charge in [0.25, 0.3) is 0 Å². The summed E-state index contributed by atoms with van der Waals surface area (Å²) >= 11 is -1.99. The zero-order valence-electron chi connectivity index (χ0n) is 23.1. The summed E-state index contributed by atoms with van der Waals surface area (Å²) in [6.07, 6.45) is -3.28. The van der Waals surface area contributed by atoms with E-state index >= 15 is 0 Å². The highest BCUT2D eigenvalue weighted by atomic mass is 32.2. The molecule has 0 saturated heterocycles. The van der Waals surface area contributed by atoms with Crippen LogP contribution in [0.5, 0.6) is 11.5 Å². The second-order valence-electron chi connectivity index (χ2n) is 8.94. The van der Waals surface area contributed by atoms with Crippen LogP contribution in [0.25, 0.3) is 11.0 Å². The lowest BCUT2D eigenvalue weighted by atomic mass is 10.1. The molecule has 0 bridgehead atoms. The Morgan fingerprint density at radius 2 is 1.88 bits per heavy atom. The Hall–Kier alpha value is -4.30. The highest BCUT2D eigenvalue weighted by Gasteiger charge is 2.32. The number of esters is 1. The summed E-state index contributed by atoms with van der Waals surface area (Å²) in [5.74, 6) is -0.583. The number of nitrogens with zero attached hydrogens (tertiary/aromatic N) is 4. The topological polar surface area (TPSA) is 119 Å². The fourth-order valence-electron chi connectivity index (χ4n) is 4.10. The molecule has 4 rings (SSSR count). The van der Waals surface area contributed by atoms with Crippen molar-refractivity contribution in [1.29, 1.82) is 0 Å². The van der Waals surface area contributed by atoms with Crippen LogP contribution in [-0.2, 0) is 21.7 Å². The fraction of sp³-hybridized carbons (Fsp3) is 0.286. The number of fused-ring (bicyclic) bond motifs is 1. The molecule has 0 aliphatic carbocycles. The van der Waals surface area contributed by atoms with Gasteiger partial charge in [0.2, 0.25) is 0 Å². The number of anilines is 1. The third-order valence-corrected chi connectivity index (χ3v) is 7.41. The van der Waals surface area contributed by atoms with Crippen molar-refractivity contribution in [3.8, 4) is 11.5 Å². The lowest BCUT2D eigenvalue weighted by Crippen LogP contribution is -2.34. The van der Waals surface area contributed by atoms with Crippen LogP contribution in [0.3, 0.4) is 0 Å². The number of carbonyl (C=O) groups is 2. The molecule has 0 fully saturated rings. The van der Waals surface area contributed by atoms with Crippen LogP contribution in [0.15, 0.2) is 59.9 Å². The molecule has 14 heteroatoms. The molecule has 1 amide bonds. The number of para-hydroxylation sites is 2. The normalized spacial score (nSPS) is 12.2. The van der Waals surface area contributed by atoms with Crippen molar-refractivity contribution in [3.63, 3.8) is 0 Å². The number of hydrogen-bond donors (Lipinski definition) is 0. The number of benzene rings is 2. The van der Waals surface area contributed by atoms with Crippen LogP contribution in [0.1, 0.15) is 28.5 Å². The van der Waals surface area contributed by atoms with E-state index in [1.807, 2.05) is 0 Å². The fourth-order valence-corrected chi connectivity index (χ4v) is 5.35. The van der Waals surface area contributed by atoms with Gasteiger partial charge in [-0.25, -0.2) is 14.2 Å². The number of alkyl halides is 3. The van der Waals surface area contributed by atoms with E-state index in [0.717, 1.165) is 0 Å². The smallest absolute Gasteiger partial charge is 0.422 e. The minimum absolute atomic E-state index is 0.0526. The van der Waals surface area contributed by atoms with Gasteiger partial charge in [0.1, 0.15) is 11.5 Å². The second kappa shape index (κ2) is 12.7. The third kappa shape index (κ3) is 6.60. The molecule has 1 atom stereocenters. The summed E-state index contributed by atoms with van der Waals surface area (Å²) in [7, 11) is 2.88. The Kier molecular flexibility index (Phi) is 9.27. The molecule has 0 aliphatic rings. The van der Waals surface area contributed by atoms with Crippen molar-refractivity contribution < 1.29 is 41.5 Å². The van der Waals surface area contributed by atoms with Gasteiger partial charge < -0.3 is 18.8 Å². The SMILES string of the molecule is CCOC(=O)c1ccc(OC)cc1N(C)C(=O)n1c([S+]([O-])Cc2nccc(OCC(F)(F)F)c2C)nc2ccccc21. The number of carbonyl (C=O) groups excluding carboxylic acids is 2. The molecule has 0 saturated carbocycles. The minimum Gasteiger partial charge on any atom is -0.609 e. The number of methoxy groups -OCH3 is 1. The molecular formula is C28H27F3N4O6S. The largest absolute Gasteiger partial charge is 0.609 e. The molecule has 2 heterocycles. The monoisotopic (exact) mass is 604 g/mol. The van der Waals surface area contributed by atoms with Gasteiger partial charge in [0, 0.05) is 36.1 Å². The minimum atomic E-state index is -4.54. The number of amides is 1. The van der Waals surface area contributed by atoms with Crippen LogP contribution in [-0.4, -0.2) is 64.6 Å². The van der Waals surface area contributed by atoms with E-state index in [2.05, 4.69) is 9.97 Å². The molecular weight excluding hydrogens is 577 g/mol. The van der Waals surface area contributed by atoms with Crippen molar-refractivity contribution in [2.24, 2.45) is 0 Å². The van der Waals surface area contributed by atoms with Gasteiger partial charge in [-0.15, -0.1) is 0 Å². The third-order valence-electron chi connectivity index (χ3n) is 6.19. The van der Waals surface area contributed by atoms with Gasteiger partial charge in [-0.05, 0) is 44.2 Å². The predicted molar refractivity (Wildman–Crippen MR) is 149 cm³/mol. The average Bonchev–Trinajstić information content (AvgIpc) is 3.36. The van der Waals surface area contributed by atoms with Crippen molar-refractivity contribution in [2.75, 3.05) is 32.3 Å². The van der Waals surface area contributed by atoms with Gasteiger partial charge in [-0.2, -0.15) is 18.2 Å². The van der Waals surface area contributed by atoms with Crippen molar-refractivity contribution in [2.45, 2.75) is 30.9 Å². The maximum absolute atomic E-state index is 14.0. The zero-order valence-corrected chi connectivity index (χ0v) is 23.9. The molecule has 0 radical (unpaired) electrons. The van der Waals surface area contributed by atoms with Crippen LogP contribution >= 0.6 is 0 Å². The summed E-state index contributed by atoms with van der Waals surface area (Å²) in [4.78, 5) is 36.5. The maximum atomic E-state index is 14.0. The van der Waals surface area contributed by atoms with Gasteiger partial charge in [-0.3, -0.25) is 9.88 Å². The molecule has 1 unspecified atom stereocenters. The molecule has 0 N–H and O–H groups in total. The standard InChI is InChI=1S/C28H27F3N4O6S/c1-5-40-25(36)19-11-10-18(39-4)14-23(19)34(3)27(37)35-22-9-7-6-8-20(22)33-26(35)42(38)15-21-17(2)24(12-13-32-21)41-16-28(29,30)31/h6-14H,5,15-16H2,1-4H3. The summed E-state index contributed by atoms with van der Waals surface area (Å²) < 4.78 is 68.3. The number of halogens is 3. The predicted octanol–water partition coefficient (Wildman–Crippen LogP) is 5.28. The lowest BCUT2D eigenvalue weighted by Gasteiger charge is -2.22. The Balaban J connectivity index is 1.73.